The topological polar surface area (TPSA) is 41.1 Å². The molecule has 3 nitrogen and oxygen atoms in total. The number of hydrazine groups is 1. The number of hydrogen-bond donors (Lipinski definition) is 2. The second-order valence-corrected chi connectivity index (χ2v) is 5.89. The van der Waals surface area contributed by atoms with Crippen LogP contribution < -0.4 is 10.9 Å². The molecule has 0 fully saturated rings. The van der Waals surface area contributed by atoms with Crippen LogP contribution in [0, 0.1) is 0 Å². The Morgan fingerprint density at radius 3 is 2.17 bits per heavy atom. The van der Waals surface area contributed by atoms with E-state index in [9.17, 15) is 4.79 Å². The predicted octanol–water partition coefficient (Wildman–Crippen LogP) is 3.50. The molecule has 2 N–H and O–H groups in total. The Bertz CT molecular complexity index is 443. The van der Waals surface area contributed by atoms with Crippen LogP contribution in [0.1, 0.15) is 36.7 Å². The summed E-state index contributed by atoms with van der Waals surface area (Å²) in [6.45, 7) is 5.89. The lowest BCUT2D eigenvalue weighted by molar-refractivity contribution is 0.0914. The third-order valence-corrected chi connectivity index (χ3v) is 2.22. The molecule has 98 valence electrons. The number of amides is 1. The molecule has 0 heterocycles. The fourth-order valence-electron chi connectivity index (χ4n) is 1.17. The van der Waals surface area contributed by atoms with E-state index in [0.717, 1.165) is 5.56 Å². The van der Waals surface area contributed by atoms with Gasteiger partial charge in [-0.05, 0) is 44.5 Å². The van der Waals surface area contributed by atoms with Gasteiger partial charge in [-0.3, -0.25) is 10.2 Å². The first kappa shape index (κ1) is 15.0. The zero-order chi connectivity index (χ0) is 13.8. The van der Waals surface area contributed by atoms with E-state index >= 15 is 0 Å². The van der Waals surface area contributed by atoms with Gasteiger partial charge in [-0.1, -0.05) is 35.3 Å². The molecule has 0 saturated heterocycles. The van der Waals surface area contributed by atoms with Gasteiger partial charge in [0.1, 0.15) is 4.49 Å². The SMILES string of the molecule is CC(C)(C)NNC(=O)c1ccc(C=C(Cl)Cl)cc1. The Balaban J connectivity index is 2.68. The van der Waals surface area contributed by atoms with Gasteiger partial charge in [0.05, 0.1) is 0 Å². The molecule has 0 spiro atoms. The zero-order valence-electron chi connectivity index (χ0n) is 10.6. The number of rotatable bonds is 3. The normalized spacial score (nSPS) is 10.9. The number of halogens is 2. The average molecular weight is 287 g/mol. The van der Waals surface area contributed by atoms with E-state index < -0.39 is 0 Å². The van der Waals surface area contributed by atoms with Crippen molar-refractivity contribution in [2.24, 2.45) is 0 Å². The summed E-state index contributed by atoms with van der Waals surface area (Å²) >= 11 is 11.1. The average Bonchev–Trinajstić information content (AvgIpc) is 2.25. The van der Waals surface area contributed by atoms with Gasteiger partial charge in [0.25, 0.3) is 5.91 Å². The number of nitrogens with one attached hydrogen (secondary N) is 2. The largest absolute Gasteiger partial charge is 0.287 e. The third kappa shape index (κ3) is 5.54. The lowest BCUT2D eigenvalue weighted by atomic mass is 10.1. The maximum absolute atomic E-state index is 11.8. The number of carbonyl (C=O) groups excluding carboxylic acids is 1. The van der Waals surface area contributed by atoms with Crippen molar-refractivity contribution in [3.8, 4) is 0 Å². The van der Waals surface area contributed by atoms with E-state index in [1.54, 1.807) is 30.3 Å². The minimum atomic E-state index is -0.183. The molecule has 0 aliphatic carbocycles. The number of benzene rings is 1. The quantitative estimate of drug-likeness (QED) is 0.835. The van der Waals surface area contributed by atoms with Gasteiger partial charge in [-0.2, -0.15) is 0 Å². The number of hydrogen-bond acceptors (Lipinski definition) is 2. The summed E-state index contributed by atoms with van der Waals surface area (Å²) in [6.07, 6.45) is 1.61. The molecule has 0 aliphatic heterocycles. The van der Waals surface area contributed by atoms with Gasteiger partial charge in [-0.15, -0.1) is 0 Å². The molecule has 0 aromatic heterocycles. The molecule has 1 rings (SSSR count). The maximum Gasteiger partial charge on any atom is 0.265 e. The Kier molecular flexibility index (Phi) is 5.20. The summed E-state index contributed by atoms with van der Waals surface area (Å²) in [7, 11) is 0. The van der Waals surface area contributed by atoms with Crippen LogP contribution in [0.5, 0.6) is 0 Å². The third-order valence-electron chi connectivity index (χ3n) is 2.00. The second-order valence-electron chi connectivity index (χ2n) is 4.89. The second kappa shape index (κ2) is 6.23. The van der Waals surface area contributed by atoms with Crippen molar-refractivity contribution < 1.29 is 4.79 Å². The fraction of sp³-hybridized carbons (Fsp3) is 0.308. The van der Waals surface area contributed by atoms with E-state index in [1.807, 2.05) is 20.8 Å². The number of carbonyl (C=O) groups is 1. The van der Waals surface area contributed by atoms with Crippen molar-refractivity contribution >= 4 is 35.2 Å². The first-order valence-electron chi connectivity index (χ1n) is 5.48. The minimum absolute atomic E-state index is 0.176. The van der Waals surface area contributed by atoms with E-state index in [1.165, 1.54) is 0 Å². The van der Waals surface area contributed by atoms with E-state index in [-0.39, 0.29) is 15.9 Å². The Morgan fingerprint density at radius 1 is 1.17 bits per heavy atom. The molecule has 0 atom stereocenters. The van der Waals surface area contributed by atoms with Crippen LogP contribution in [0.4, 0.5) is 0 Å². The molecule has 5 heteroatoms. The summed E-state index contributed by atoms with van der Waals surface area (Å²) in [5, 5.41) is 0. The molecule has 1 aromatic carbocycles. The highest BCUT2D eigenvalue weighted by atomic mass is 35.5. The van der Waals surface area contributed by atoms with Crippen molar-refractivity contribution in [1.82, 2.24) is 10.9 Å². The van der Waals surface area contributed by atoms with Crippen LogP contribution in [-0.2, 0) is 0 Å². The molecular weight excluding hydrogens is 271 g/mol. The van der Waals surface area contributed by atoms with E-state index in [4.69, 9.17) is 23.2 Å². The van der Waals surface area contributed by atoms with Crippen LogP contribution in [-0.4, -0.2) is 11.4 Å². The highest BCUT2D eigenvalue weighted by Gasteiger charge is 2.11. The van der Waals surface area contributed by atoms with Gasteiger partial charge >= 0.3 is 0 Å². The van der Waals surface area contributed by atoms with Gasteiger partial charge < -0.3 is 0 Å². The molecule has 18 heavy (non-hydrogen) atoms. The van der Waals surface area contributed by atoms with Crippen LogP contribution in [0.25, 0.3) is 6.08 Å². The van der Waals surface area contributed by atoms with Crippen molar-refractivity contribution in [1.29, 1.82) is 0 Å². The molecule has 0 aliphatic rings. The first-order chi connectivity index (χ1) is 8.28. The molecule has 0 unspecified atom stereocenters. The highest BCUT2D eigenvalue weighted by molar-refractivity contribution is 6.57. The van der Waals surface area contributed by atoms with Gasteiger partial charge in [0.15, 0.2) is 0 Å². The molecular formula is C13H16Cl2N2O. The van der Waals surface area contributed by atoms with Gasteiger partial charge in [0, 0.05) is 11.1 Å². The molecule has 1 amide bonds. The molecule has 1 aromatic rings. The summed E-state index contributed by atoms with van der Waals surface area (Å²) in [4.78, 5) is 11.8. The summed E-state index contributed by atoms with van der Waals surface area (Å²) < 4.78 is 0.182. The Hall–Kier alpha value is -1.03. The summed E-state index contributed by atoms with van der Waals surface area (Å²) in [6, 6.07) is 6.97. The maximum atomic E-state index is 11.8. The highest BCUT2D eigenvalue weighted by Crippen LogP contribution is 2.14. The van der Waals surface area contributed by atoms with Crippen LogP contribution >= 0.6 is 23.2 Å². The van der Waals surface area contributed by atoms with Crippen LogP contribution in [0.2, 0.25) is 0 Å². The minimum Gasteiger partial charge on any atom is -0.287 e. The van der Waals surface area contributed by atoms with Crippen molar-refractivity contribution in [3.63, 3.8) is 0 Å². The fourth-order valence-corrected chi connectivity index (χ4v) is 1.43. The summed E-state index contributed by atoms with van der Waals surface area (Å²) in [5.41, 5.74) is 6.79. The van der Waals surface area contributed by atoms with Crippen molar-refractivity contribution in [3.05, 3.63) is 39.9 Å². The zero-order valence-corrected chi connectivity index (χ0v) is 12.1. The molecule has 0 saturated carbocycles. The van der Waals surface area contributed by atoms with Gasteiger partial charge in [-0.25, -0.2) is 5.43 Å². The van der Waals surface area contributed by atoms with E-state index in [2.05, 4.69) is 10.9 Å². The van der Waals surface area contributed by atoms with Crippen molar-refractivity contribution in [2.75, 3.05) is 0 Å². The lowest BCUT2D eigenvalue weighted by Crippen LogP contribution is -2.48. The first-order valence-corrected chi connectivity index (χ1v) is 6.24. The van der Waals surface area contributed by atoms with Crippen molar-refractivity contribution in [2.45, 2.75) is 26.3 Å². The molecule has 0 radical (unpaired) electrons. The smallest absolute Gasteiger partial charge is 0.265 e. The summed E-state index contributed by atoms with van der Waals surface area (Å²) in [5.74, 6) is -0.183. The standard InChI is InChI=1S/C13H16Cl2N2O/c1-13(2,3)17-16-12(18)10-6-4-9(5-7-10)8-11(14)15/h4-8,17H,1-3H3,(H,16,18). The monoisotopic (exact) mass is 286 g/mol. The van der Waals surface area contributed by atoms with Crippen LogP contribution in [0.15, 0.2) is 28.8 Å². The lowest BCUT2D eigenvalue weighted by Gasteiger charge is -2.20. The van der Waals surface area contributed by atoms with Gasteiger partial charge in [0.2, 0.25) is 0 Å². The predicted molar refractivity (Wildman–Crippen MR) is 76.5 cm³/mol. The Morgan fingerprint density at radius 2 is 1.72 bits per heavy atom. The molecule has 0 bridgehead atoms. The van der Waals surface area contributed by atoms with E-state index in [0.29, 0.717) is 5.56 Å². The Labute approximate surface area is 117 Å². The van der Waals surface area contributed by atoms with Crippen LogP contribution in [0.3, 0.4) is 0 Å².